The van der Waals surface area contributed by atoms with E-state index in [1.165, 1.54) is 22.6 Å². The molecule has 0 saturated heterocycles. The Morgan fingerprint density at radius 1 is 1.15 bits per heavy atom. The molecule has 1 aliphatic carbocycles. The number of anilines is 1. The third kappa shape index (κ3) is 4.13. The molecule has 0 radical (unpaired) electrons. The lowest BCUT2D eigenvalue weighted by Gasteiger charge is -2.09. The Kier molecular flexibility index (Phi) is 6.38. The Hall–Kier alpha value is -1.79. The molecule has 0 saturated carbocycles. The van der Waals surface area contributed by atoms with Crippen molar-refractivity contribution in [2.24, 2.45) is 0 Å². The normalized spacial score (nSPS) is 13.6. The minimum absolute atomic E-state index is 0.195. The van der Waals surface area contributed by atoms with Gasteiger partial charge < -0.3 is 10.1 Å². The van der Waals surface area contributed by atoms with Gasteiger partial charge in [-0.1, -0.05) is 6.42 Å². The van der Waals surface area contributed by atoms with Gasteiger partial charge in [0.15, 0.2) is 0 Å². The first-order valence-electron chi connectivity index (χ1n) is 8.91. The van der Waals surface area contributed by atoms with Crippen LogP contribution < -0.4 is 5.32 Å². The van der Waals surface area contributed by atoms with Crippen LogP contribution in [-0.2, 0) is 17.6 Å². The fraction of sp³-hybridized carbons (Fsp3) is 0.400. The topological polar surface area (TPSA) is 55.4 Å². The monoisotopic (exact) mass is 389 g/mol. The van der Waals surface area contributed by atoms with E-state index < -0.39 is 0 Å². The van der Waals surface area contributed by atoms with E-state index in [0.29, 0.717) is 22.7 Å². The van der Waals surface area contributed by atoms with Crippen LogP contribution in [0.4, 0.5) is 5.00 Å². The average Bonchev–Trinajstić information content (AvgIpc) is 2.82. The van der Waals surface area contributed by atoms with Gasteiger partial charge in [-0.15, -0.1) is 23.1 Å². The van der Waals surface area contributed by atoms with Gasteiger partial charge in [0.2, 0.25) is 0 Å². The highest BCUT2D eigenvalue weighted by atomic mass is 32.2. The highest BCUT2D eigenvalue weighted by Gasteiger charge is 2.26. The van der Waals surface area contributed by atoms with E-state index in [1.54, 1.807) is 18.7 Å². The number of nitrogens with one attached hydrogen (secondary N) is 1. The minimum Gasteiger partial charge on any atom is -0.462 e. The van der Waals surface area contributed by atoms with Gasteiger partial charge in [-0.25, -0.2) is 4.79 Å². The van der Waals surface area contributed by atoms with Gasteiger partial charge in [0, 0.05) is 15.3 Å². The smallest absolute Gasteiger partial charge is 0.341 e. The van der Waals surface area contributed by atoms with Crippen molar-refractivity contribution in [1.29, 1.82) is 0 Å². The Balaban J connectivity index is 1.90. The van der Waals surface area contributed by atoms with E-state index in [0.717, 1.165) is 36.1 Å². The molecule has 26 heavy (non-hydrogen) atoms. The molecule has 0 atom stereocenters. The van der Waals surface area contributed by atoms with E-state index >= 15 is 0 Å². The highest BCUT2D eigenvalue weighted by molar-refractivity contribution is 7.98. The number of fused-ring (bicyclic) bond motifs is 1. The number of amides is 1. The third-order valence-corrected chi connectivity index (χ3v) is 6.43. The summed E-state index contributed by atoms with van der Waals surface area (Å²) in [5, 5.41) is 3.57. The molecule has 1 aromatic heterocycles. The molecule has 1 amide bonds. The largest absolute Gasteiger partial charge is 0.462 e. The summed E-state index contributed by atoms with van der Waals surface area (Å²) in [6, 6.07) is 7.47. The van der Waals surface area contributed by atoms with Crippen LogP contribution in [-0.4, -0.2) is 24.7 Å². The Morgan fingerprint density at radius 3 is 2.58 bits per heavy atom. The fourth-order valence-corrected chi connectivity index (χ4v) is 4.85. The van der Waals surface area contributed by atoms with E-state index in [-0.39, 0.29) is 11.9 Å². The zero-order valence-corrected chi connectivity index (χ0v) is 16.7. The molecule has 0 fully saturated rings. The lowest BCUT2D eigenvalue weighted by atomic mass is 10.1. The number of hydrogen-bond donors (Lipinski definition) is 1. The number of carbonyl (C=O) groups excluding carboxylic acids is 2. The predicted octanol–water partition coefficient (Wildman–Crippen LogP) is 5.17. The SMILES string of the molecule is CCOC(=O)c1c(NC(=O)c2ccc(SC)cc2)sc2c1CCCCC2. The van der Waals surface area contributed by atoms with Crippen molar-refractivity contribution < 1.29 is 14.3 Å². The van der Waals surface area contributed by atoms with Crippen molar-refractivity contribution in [2.75, 3.05) is 18.2 Å². The number of thioether (sulfide) groups is 1. The maximum absolute atomic E-state index is 12.7. The summed E-state index contributed by atoms with van der Waals surface area (Å²) in [5.74, 6) is -0.528. The second-order valence-corrected chi connectivity index (χ2v) is 8.16. The molecule has 138 valence electrons. The molecule has 0 bridgehead atoms. The maximum atomic E-state index is 12.7. The van der Waals surface area contributed by atoms with Gasteiger partial charge in [-0.2, -0.15) is 0 Å². The number of esters is 1. The Morgan fingerprint density at radius 2 is 1.88 bits per heavy atom. The van der Waals surface area contributed by atoms with Crippen molar-refractivity contribution in [2.45, 2.75) is 43.9 Å². The van der Waals surface area contributed by atoms with Crippen LogP contribution in [0.25, 0.3) is 0 Å². The van der Waals surface area contributed by atoms with Crippen molar-refractivity contribution in [3.63, 3.8) is 0 Å². The Bertz CT molecular complexity index is 796. The number of carbonyl (C=O) groups is 2. The zero-order chi connectivity index (χ0) is 18.5. The van der Waals surface area contributed by atoms with Crippen molar-refractivity contribution in [3.8, 4) is 0 Å². The van der Waals surface area contributed by atoms with Crippen LogP contribution in [0.15, 0.2) is 29.2 Å². The molecule has 1 aromatic carbocycles. The average molecular weight is 390 g/mol. The van der Waals surface area contributed by atoms with Gasteiger partial charge in [0.1, 0.15) is 5.00 Å². The summed E-state index contributed by atoms with van der Waals surface area (Å²) >= 11 is 3.16. The van der Waals surface area contributed by atoms with Gasteiger partial charge in [0.25, 0.3) is 5.91 Å². The summed E-state index contributed by atoms with van der Waals surface area (Å²) < 4.78 is 5.27. The first-order chi connectivity index (χ1) is 12.6. The van der Waals surface area contributed by atoms with Crippen LogP contribution in [0.5, 0.6) is 0 Å². The highest BCUT2D eigenvalue weighted by Crippen LogP contribution is 2.38. The number of hydrogen-bond acceptors (Lipinski definition) is 5. The number of thiophene rings is 1. The second-order valence-electron chi connectivity index (χ2n) is 6.17. The van der Waals surface area contributed by atoms with Crippen LogP contribution in [0.2, 0.25) is 0 Å². The number of aryl methyl sites for hydroxylation is 1. The zero-order valence-electron chi connectivity index (χ0n) is 15.1. The molecular weight excluding hydrogens is 366 g/mol. The first kappa shape index (κ1) is 19.0. The van der Waals surface area contributed by atoms with Crippen LogP contribution in [0.3, 0.4) is 0 Å². The molecular formula is C20H23NO3S2. The molecule has 4 nitrogen and oxygen atoms in total. The molecule has 0 aliphatic heterocycles. The summed E-state index contributed by atoms with van der Waals surface area (Å²) in [7, 11) is 0. The summed E-state index contributed by atoms with van der Waals surface area (Å²) in [6.45, 7) is 2.13. The van der Waals surface area contributed by atoms with Gasteiger partial charge >= 0.3 is 5.97 Å². The van der Waals surface area contributed by atoms with Crippen LogP contribution in [0.1, 0.15) is 57.3 Å². The molecule has 1 heterocycles. The van der Waals surface area contributed by atoms with Crippen LogP contribution >= 0.6 is 23.1 Å². The van der Waals surface area contributed by atoms with Crippen molar-refractivity contribution >= 4 is 40.0 Å². The molecule has 1 N–H and O–H groups in total. The molecule has 0 unspecified atom stereocenters. The summed E-state index contributed by atoms with van der Waals surface area (Å²) in [6.07, 6.45) is 7.20. The third-order valence-electron chi connectivity index (χ3n) is 4.48. The standard InChI is InChI=1S/C20H23NO3S2/c1-3-24-20(23)17-15-7-5-4-6-8-16(15)26-19(17)21-18(22)13-9-11-14(25-2)12-10-13/h9-12H,3-8H2,1-2H3,(H,21,22). The van der Waals surface area contributed by atoms with E-state index in [9.17, 15) is 9.59 Å². The lowest BCUT2D eigenvalue weighted by molar-refractivity contribution is 0.0527. The van der Waals surface area contributed by atoms with Gasteiger partial charge in [-0.05, 0) is 68.7 Å². The number of benzene rings is 1. The van der Waals surface area contributed by atoms with Crippen LogP contribution in [0, 0.1) is 0 Å². The molecule has 2 aromatic rings. The van der Waals surface area contributed by atoms with E-state index in [4.69, 9.17) is 4.74 Å². The first-order valence-corrected chi connectivity index (χ1v) is 10.9. The Labute approximate surface area is 162 Å². The molecule has 1 aliphatic rings. The van der Waals surface area contributed by atoms with Crippen molar-refractivity contribution in [3.05, 3.63) is 45.8 Å². The van der Waals surface area contributed by atoms with E-state index in [1.807, 2.05) is 30.5 Å². The molecule has 3 rings (SSSR count). The lowest BCUT2D eigenvalue weighted by Crippen LogP contribution is -2.15. The predicted molar refractivity (Wildman–Crippen MR) is 108 cm³/mol. The quantitative estimate of drug-likeness (QED) is 0.435. The van der Waals surface area contributed by atoms with Gasteiger partial charge in [0.05, 0.1) is 12.2 Å². The maximum Gasteiger partial charge on any atom is 0.341 e. The number of ether oxygens (including phenoxy) is 1. The molecule has 6 heteroatoms. The summed E-state index contributed by atoms with van der Waals surface area (Å²) in [4.78, 5) is 27.5. The van der Waals surface area contributed by atoms with E-state index in [2.05, 4.69) is 5.32 Å². The van der Waals surface area contributed by atoms with Crippen molar-refractivity contribution in [1.82, 2.24) is 0 Å². The summed E-state index contributed by atoms with van der Waals surface area (Å²) in [5.41, 5.74) is 2.21. The minimum atomic E-state index is -0.333. The van der Waals surface area contributed by atoms with Gasteiger partial charge in [-0.3, -0.25) is 4.79 Å². The second kappa shape index (κ2) is 8.73. The number of rotatable bonds is 5. The fourth-order valence-electron chi connectivity index (χ4n) is 3.17. The molecule has 0 spiro atoms.